The molecule has 10 heteroatoms. The van der Waals surface area contributed by atoms with E-state index >= 15 is 0 Å². The van der Waals surface area contributed by atoms with E-state index in [1.165, 1.54) is 29.1 Å². The first kappa shape index (κ1) is 23.4. The van der Waals surface area contributed by atoms with Gasteiger partial charge in [0.05, 0.1) is 5.69 Å². The van der Waals surface area contributed by atoms with Gasteiger partial charge in [0.15, 0.2) is 5.03 Å². The van der Waals surface area contributed by atoms with Crippen molar-refractivity contribution in [2.45, 2.75) is 51.6 Å². The highest BCUT2D eigenvalue weighted by Gasteiger charge is 2.23. The van der Waals surface area contributed by atoms with Crippen molar-refractivity contribution in [3.8, 4) is 11.1 Å². The molecule has 0 radical (unpaired) electrons. The molecule has 2 N–H and O–H groups in total. The topological polar surface area (TPSA) is 106 Å². The maximum atomic E-state index is 14.4. The lowest BCUT2D eigenvalue weighted by atomic mass is 9.94. The molecule has 0 atom stereocenters. The second-order valence-corrected chi connectivity index (χ2v) is 9.67. The van der Waals surface area contributed by atoms with Crippen LogP contribution in [0.25, 0.3) is 11.1 Å². The van der Waals surface area contributed by atoms with Crippen LogP contribution in [0, 0.1) is 12.7 Å². The molecule has 0 unspecified atom stereocenters. The molecule has 2 amide bonds. The first-order valence-electron chi connectivity index (χ1n) is 10.1. The molecule has 0 bridgehead atoms. The molecule has 3 aromatic rings. The van der Waals surface area contributed by atoms with Crippen LogP contribution in [0.1, 0.15) is 50.9 Å². The number of urea groups is 1. The second-order valence-electron chi connectivity index (χ2n) is 8.05. The Morgan fingerprint density at radius 1 is 1.12 bits per heavy atom. The van der Waals surface area contributed by atoms with Gasteiger partial charge in [0.2, 0.25) is 0 Å². The molecule has 1 aromatic carbocycles. The smallest absolute Gasteiger partial charge is 0.306 e. The molecule has 8 nitrogen and oxygen atoms in total. The lowest BCUT2D eigenvalue weighted by molar-refractivity contribution is 0.256. The minimum atomic E-state index is -4.20. The van der Waals surface area contributed by atoms with Gasteiger partial charge in [0, 0.05) is 29.7 Å². The summed E-state index contributed by atoms with van der Waals surface area (Å²) in [5, 5.41) is 6.34. The van der Waals surface area contributed by atoms with E-state index < -0.39 is 21.9 Å². The summed E-state index contributed by atoms with van der Waals surface area (Å²) < 4.78 is 43.1. The van der Waals surface area contributed by atoms with E-state index in [1.54, 1.807) is 25.3 Å². The van der Waals surface area contributed by atoms with Gasteiger partial charge in [-0.3, -0.25) is 9.67 Å². The van der Waals surface area contributed by atoms with Crippen molar-refractivity contribution < 1.29 is 17.6 Å². The van der Waals surface area contributed by atoms with Crippen molar-refractivity contribution in [2.75, 3.05) is 5.32 Å². The Kier molecular flexibility index (Phi) is 6.63. The van der Waals surface area contributed by atoms with Crippen LogP contribution in [-0.2, 0) is 10.0 Å². The minimum Gasteiger partial charge on any atom is -0.306 e. The number of nitrogens with one attached hydrogen (secondary N) is 2. The Morgan fingerprint density at radius 3 is 2.44 bits per heavy atom. The highest BCUT2D eigenvalue weighted by atomic mass is 32.2. The number of sulfonamides is 1. The number of aromatic nitrogens is 3. The second kappa shape index (κ2) is 9.07. The zero-order valence-electron chi connectivity index (χ0n) is 18.5. The van der Waals surface area contributed by atoms with Crippen molar-refractivity contribution in [2.24, 2.45) is 0 Å². The molecule has 3 rings (SSSR count). The first-order chi connectivity index (χ1) is 15.0. The lowest BCUT2D eigenvalue weighted by Gasteiger charge is -2.19. The molecule has 170 valence electrons. The molecule has 0 saturated carbocycles. The number of carbonyl (C=O) groups excluding carboxylic acids is 1. The number of benzene rings is 1. The Balaban J connectivity index is 1.97. The van der Waals surface area contributed by atoms with Crippen LogP contribution in [0.4, 0.5) is 14.9 Å². The number of hydrogen-bond donors (Lipinski definition) is 2. The van der Waals surface area contributed by atoms with Crippen LogP contribution in [0.15, 0.2) is 47.8 Å². The summed E-state index contributed by atoms with van der Waals surface area (Å²) >= 11 is 0. The minimum absolute atomic E-state index is 0.0352. The van der Waals surface area contributed by atoms with Gasteiger partial charge < -0.3 is 5.32 Å². The third-order valence-corrected chi connectivity index (χ3v) is 6.04. The van der Waals surface area contributed by atoms with Gasteiger partial charge in [0.25, 0.3) is 10.0 Å². The fraction of sp³-hybridized carbons (Fsp3) is 0.318. The monoisotopic (exact) mass is 459 g/mol. The summed E-state index contributed by atoms with van der Waals surface area (Å²) in [7, 11) is -4.20. The molecule has 0 aliphatic rings. The number of carbonyl (C=O) groups is 1. The van der Waals surface area contributed by atoms with Gasteiger partial charge in [-0.2, -0.15) is 13.5 Å². The number of nitrogens with zero attached hydrogens (tertiary/aromatic N) is 3. The number of anilines is 1. The van der Waals surface area contributed by atoms with Gasteiger partial charge >= 0.3 is 6.03 Å². The molecule has 0 saturated heterocycles. The number of pyridine rings is 1. The standard InChI is InChI=1S/C22H26FN5O3S/c1-13(2)18-11-17(23)12-19(16-6-8-24-15(5)10-16)21(18)25-22(29)27-32(30,31)20-7-9-28(26-20)14(3)4/h6-14H,1-5H3,(H2,25,27,29). The predicted molar refractivity (Wildman–Crippen MR) is 120 cm³/mol. The molecular weight excluding hydrogens is 433 g/mol. The summed E-state index contributed by atoms with van der Waals surface area (Å²) in [6, 6.07) is 6.41. The summed E-state index contributed by atoms with van der Waals surface area (Å²) in [6.45, 7) is 9.22. The van der Waals surface area contributed by atoms with E-state index in [4.69, 9.17) is 0 Å². The molecule has 0 spiro atoms. The van der Waals surface area contributed by atoms with Crippen LogP contribution in [0.3, 0.4) is 0 Å². The predicted octanol–water partition coefficient (Wildman–Crippen LogP) is 4.61. The van der Waals surface area contributed by atoms with Crippen molar-refractivity contribution in [3.63, 3.8) is 0 Å². The maximum absolute atomic E-state index is 14.4. The van der Waals surface area contributed by atoms with Gasteiger partial charge in [-0.25, -0.2) is 13.9 Å². The van der Waals surface area contributed by atoms with E-state index in [-0.39, 0.29) is 17.0 Å². The van der Waals surface area contributed by atoms with Gasteiger partial charge in [-0.15, -0.1) is 0 Å². The lowest BCUT2D eigenvalue weighted by Crippen LogP contribution is -2.35. The van der Waals surface area contributed by atoms with Crippen LogP contribution < -0.4 is 10.0 Å². The first-order valence-corrected chi connectivity index (χ1v) is 11.6. The summed E-state index contributed by atoms with van der Waals surface area (Å²) in [5.41, 5.74) is 2.65. The zero-order chi connectivity index (χ0) is 23.6. The maximum Gasteiger partial charge on any atom is 0.333 e. The zero-order valence-corrected chi connectivity index (χ0v) is 19.4. The SMILES string of the molecule is Cc1cc(-c2cc(F)cc(C(C)C)c2NC(=O)NS(=O)(=O)c2ccn(C(C)C)n2)ccn1. The van der Waals surface area contributed by atoms with E-state index in [2.05, 4.69) is 15.4 Å². The van der Waals surface area contributed by atoms with Crippen molar-refractivity contribution >= 4 is 21.7 Å². The molecule has 0 aliphatic carbocycles. The average molecular weight is 460 g/mol. The number of hydrogen-bond acceptors (Lipinski definition) is 5. The van der Waals surface area contributed by atoms with Crippen LogP contribution in [0.5, 0.6) is 0 Å². The fourth-order valence-electron chi connectivity index (χ4n) is 3.23. The van der Waals surface area contributed by atoms with Crippen molar-refractivity contribution in [3.05, 3.63) is 59.8 Å². The van der Waals surface area contributed by atoms with Gasteiger partial charge in [-0.1, -0.05) is 13.8 Å². The van der Waals surface area contributed by atoms with E-state index in [9.17, 15) is 17.6 Å². The summed E-state index contributed by atoms with van der Waals surface area (Å²) in [6.07, 6.45) is 3.11. The van der Waals surface area contributed by atoms with Gasteiger partial charge in [0.1, 0.15) is 5.82 Å². The van der Waals surface area contributed by atoms with E-state index in [0.29, 0.717) is 22.4 Å². The van der Waals surface area contributed by atoms with E-state index in [0.717, 1.165) is 5.69 Å². The number of amides is 2. The van der Waals surface area contributed by atoms with Crippen molar-refractivity contribution in [1.29, 1.82) is 0 Å². The largest absolute Gasteiger partial charge is 0.333 e. The summed E-state index contributed by atoms with van der Waals surface area (Å²) in [4.78, 5) is 16.9. The van der Waals surface area contributed by atoms with Crippen LogP contribution in [-0.4, -0.2) is 29.2 Å². The third kappa shape index (κ3) is 5.13. The molecule has 0 aliphatic heterocycles. The normalized spacial score (nSPS) is 11.8. The third-order valence-electron chi connectivity index (χ3n) is 4.82. The highest BCUT2D eigenvalue weighted by Crippen LogP contribution is 2.36. The number of halogens is 1. The van der Waals surface area contributed by atoms with E-state index in [1.807, 2.05) is 32.4 Å². The molecule has 0 fully saturated rings. The quantitative estimate of drug-likeness (QED) is 0.560. The van der Waals surface area contributed by atoms with Crippen LogP contribution >= 0.6 is 0 Å². The van der Waals surface area contributed by atoms with Gasteiger partial charge in [-0.05, 0) is 68.1 Å². The molecular formula is C22H26FN5O3S. The van der Waals surface area contributed by atoms with Crippen molar-refractivity contribution in [1.82, 2.24) is 19.5 Å². The Bertz CT molecular complexity index is 1250. The molecule has 2 heterocycles. The average Bonchev–Trinajstić information content (AvgIpc) is 3.20. The molecule has 2 aromatic heterocycles. The Morgan fingerprint density at radius 2 is 1.84 bits per heavy atom. The Hall–Kier alpha value is -3.27. The number of aryl methyl sites for hydroxylation is 1. The summed E-state index contributed by atoms with van der Waals surface area (Å²) in [5.74, 6) is -0.600. The number of rotatable bonds is 6. The fourth-order valence-corrected chi connectivity index (χ4v) is 4.07. The molecule has 32 heavy (non-hydrogen) atoms. The Labute approximate surface area is 186 Å². The van der Waals surface area contributed by atoms with Crippen LogP contribution in [0.2, 0.25) is 0 Å². The highest BCUT2D eigenvalue weighted by molar-refractivity contribution is 7.90.